The first kappa shape index (κ1) is 13.4. The van der Waals surface area contributed by atoms with Gasteiger partial charge in [-0.05, 0) is 6.92 Å². The third-order valence-corrected chi connectivity index (χ3v) is 3.41. The van der Waals surface area contributed by atoms with E-state index >= 15 is 0 Å². The van der Waals surface area contributed by atoms with Gasteiger partial charge in [-0.3, -0.25) is 9.59 Å². The Morgan fingerprint density at radius 3 is 2.68 bits per heavy atom. The minimum absolute atomic E-state index is 0.0617. The lowest BCUT2D eigenvalue weighted by Crippen LogP contribution is -2.12. The summed E-state index contributed by atoms with van der Waals surface area (Å²) >= 11 is 1.08. The fraction of sp³-hybridized carbons (Fsp3) is 0.154. The Morgan fingerprint density at radius 2 is 2.05 bits per heavy atom. The number of hydrogen-bond acceptors (Lipinski definition) is 5. The number of hydrogen-bond donors (Lipinski definition) is 2. The first-order valence-electron chi connectivity index (χ1n) is 5.59. The average Bonchev–Trinajstić information content (AvgIpc) is 2.43. The molecule has 0 unspecified atom stereocenters. The molecule has 6 heteroatoms. The van der Waals surface area contributed by atoms with Gasteiger partial charge in [0.2, 0.25) is 5.88 Å². The molecule has 0 saturated carbocycles. The van der Waals surface area contributed by atoms with Gasteiger partial charge in [0.1, 0.15) is 0 Å². The van der Waals surface area contributed by atoms with E-state index in [0.717, 1.165) is 11.8 Å². The summed E-state index contributed by atoms with van der Waals surface area (Å²) in [7, 11) is 0. The van der Waals surface area contributed by atoms with Gasteiger partial charge >= 0.3 is 0 Å². The van der Waals surface area contributed by atoms with Crippen molar-refractivity contribution in [3.8, 4) is 5.88 Å². The van der Waals surface area contributed by atoms with Crippen molar-refractivity contribution in [2.75, 3.05) is 5.75 Å². The van der Waals surface area contributed by atoms with Crippen LogP contribution in [0.5, 0.6) is 5.88 Å². The smallest absolute Gasteiger partial charge is 0.258 e. The van der Waals surface area contributed by atoms with Gasteiger partial charge in [-0.15, -0.1) is 0 Å². The summed E-state index contributed by atoms with van der Waals surface area (Å²) in [5.74, 6) is -0.221. The standard InChI is InChI=1S/C13H12N2O3S/c1-8-11(17)14-13(15-12(8)18)19-7-10(16)9-5-3-2-4-6-9/h2-6H,7H2,1H3,(H2,14,15,17,18). The molecule has 5 nitrogen and oxygen atoms in total. The predicted octanol–water partition coefficient (Wildman–Crippen LogP) is 1.76. The van der Waals surface area contributed by atoms with Crippen LogP contribution in [0.4, 0.5) is 0 Å². The number of ketones is 1. The van der Waals surface area contributed by atoms with Crippen molar-refractivity contribution in [1.82, 2.24) is 9.97 Å². The van der Waals surface area contributed by atoms with Gasteiger partial charge in [0.05, 0.1) is 11.3 Å². The van der Waals surface area contributed by atoms with Crippen molar-refractivity contribution < 1.29 is 9.90 Å². The van der Waals surface area contributed by atoms with Crippen LogP contribution in [0.2, 0.25) is 0 Å². The van der Waals surface area contributed by atoms with E-state index in [-0.39, 0.29) is 28.1 Å². The third kappa shape index (κ3) is 3.23. The lowest BCUT2D eigenvalue weighted by molar-refractivity contribution is 0.102. The third-order valence-electron chi connectivity index (χ3n) is 2.54. The molecular weight excluding hydrogens is 264 g/mol. The van der Waals surface area contributed by atoms with E-state index in [1.807, 2.05) is 6.07 Å². The summed E-state index contributed by atoms with van der Waals surface area (Å²) in [6.45, 7) is 1.48. The maximum Gasteiger partial charge on any atom is 0.258 e. The van der Waals surface area contributed by atoms with Crippen LogP contribution in [-0.4, -0.2) is 26.6 Å². The number of rotatable bonds is 4. The van der Waals surface area contributed by atoms with Gasteiger partial charge in [-0.1, -0.05) is 42.1 Å². The highest BCUT2D eigenvalue weighted by atomic mass is 32.2. The van der Waals surface area contributed by atoms with Gasteiger partial charge in [-0.2, -0.15) is 4.98 Å². The van der Waals surface area contributed by atoms with E-state index in [2.05, 4.69) is 9.97 Å². The van der Waals surface area contributed by atoms with Crippen LogP contribution in [0, 0.1) is 6.92 Å². The molecule has 1 aromatic carbocycles. The normalized spacial score (nSPS) is 10.4. The van der Waals surface area contributed by atoms with Crippen LogP contribution in [0.1, 0.15) is 15.9 Å². The Balaban J connectivity index is 2.08. The number of aromatic amines is 1. The van der Waals surface area contributed by atoms with Crippen LogP contribution >= 0.6 is 11.8 Å². The quantitative estimate of drug-likeness (QED) is 0.505. The number of nitrogens with one attached hydrogen (secondary N) is 1. The second-order valence-corrected chi connectivity index (χ2v) is 4.86. The molecule has 2 aromatic rings. The number of aromatic nitrogens is 2. The molecule has 0 atom stereocenters. The zero-order valence-corrected chi connectivity index (χ0v) is 11.0. The highest BCUT2D eigenvalue weighted by Gasteiger charge is 2.10. The number of H-pyrrole nitrogens is 1. The molecule has 0 saturated heterocycles. The van der Waals surface area contributed by atoms with E-state index in [4.69, 9.17) is 0 Å². The molecule has 0 spiro atoms. The summed E-state index contributed by atoms with van der Waals surface area (Å²) in [6, 6.07) is 8.86. The molecule has 0 fully saturated rings. The van der Waals surface area contributed by atoms with Crippen molar-refractivity contribution in [2.24, 2.45) is 0 Å². The Kier molecular flexibility index (Phi) is 4.01. The van der Waals surface area contributed by atoms with E-state index in [0.29, 0.717) is 5.56 Å². The Labute approximate surface area is 113 Å². The molecule has 0 aliphatic carbocycles. The van der Waals surface area contributed by atoms with Crippen molar-refractivity contribution in [1.29, 1.82) is 0 Å². The Morgan fingerprint density at radius 1 is 1.37 bits per heavy atom. The fourth-order valence-electron chi connectivity index (χ4n) is 1.41. The van der Waals surface area contributed by atoms with Crippen LogP contribution in [0.15, 0.2) is 40.3 Å². The second-order valence-electron chi connectivity index (χ2n) is 3.90. The Hall–Kier alpha value is -2.08. The van der Waals surface area contributed by atoms with Gasteiger partial charge in [0.25, 0.3) is 5.56 Å². The second kappa shape index (κ2) is 5.71. The topological polar surface area (TPSA) is 83.1 Å². The zero-order valence-electron chi connectivity index (χ0n) is 10.2. The van der Waals surface area contributed by atoms with Gasteiger partial charge in [-0.25, -0.2) is 0 Å². The molecule has 1 aromatic heterocycles. The summed E-state index contributed by atoms with van der Waals surface area (Å²) in [5.41, 5.74) is 0.370. The summed E-state index contributed by atoms with van der Waals surface area (Å²) in [4.78, 5) is 29.6. The molecule has 0 aliphatic heterocycles. The first-order valence-corrected chi connectivity index (χ1v) is 6.57. The number of nitrogens with zero attached hydrogens (tertiary/aromatic N) is 1. The van der Waals surface area contributed by atoms with Crippen molar-refractivity contribution in [3.63, 3.8) is 0 Å². The maximum atomic E-state index is 11.9. The average molecular weight is 276 g/mol. The highest BCUT2D eigenvalue weighted by Crippen LogP contribution is 2.17. The first-order chi connectivity index (χ1) is 9.08. The van der Waals surface area contributed by atoms with Crippen LogP contribution < -0.4 is 5.56 Å². The lowest BCUT2D eigenvalue weighted by Gasteiger charge is -2.02. The van der Waals surface area contributed by atoms with E-state index in [9.17, 15) is 14.7 Å². The number of aromatic hydroxyl groups is 1. The molecule has 0 bridgehead atoms. The van der Waals surface area contributed by atoms with Crippen molar-refractivity contribution in [3.05, 3.63) is 51.8 Å². The monoisotopic (exact) mass is 276 g/mol. The zero-order chi connectivity index (χ0) is 13.8. The molecule has 2 rings (SSSR count). The molecule has 1 heterocycles. The molecule has 0 amide bonds. The van der Waals surface area contributed by atoms with Gasteiger partial charge in [0.15, 0.2) is 10.9 Å². The summed E-state index contributed by atoms with van der Waals surface area (Å²) in [5, 5.41) is 9.67. The largest absolute Gasteiger partial charge is 0.493 e. The molecule has 98 valence electrons. The van der Waals surface area contributed by atoms with Gasteiger partial charge < -0.3 is 10.1 Å². The number of benzene rings is 1. The van der Waals surface area contributed by atoms with Crippen molar-refractivity contribution >= 4 is 17.5 Å². The summed E-state index contributed by atoms with van der Waals surface area (Å²) < 4.78 is 0. The van der Waals surface area contributed by atoms with E-state index in [1.54, 1.807) is 24.3 Å². The van der Waals surface area contributed by atoms with Crippen LogP contribution in [0.3, 0.4) is 0 Å². The number of Topliss-reactive ketones (excluding diaryl/α,β-unsaturated/α-hetero) is 1. The lowest BCUT2D eigenvalue weighted by atomic mass is 10.2. The van der Waals surface area contributed by atoms with E-state index < -0.39 is 5.56 Å². The molecular formula is C13H12N2O3S. The molecule has 0 radical (unpaired) electrons. The van der Waals surface area contributed by atoms with Crippen molar-refractivity contribution in [2.45, 2.75) is 12.1 Å². The van der Waals surface area contributed by atoms with Crippen LogP contribution in [-0.2, 0) is 0 Å². The molecule has 2 N–H and O–H groups in total. The van der Waals surface area contributed by atoms with E-state index in [1.165, 1.54) is 6.92 Å². The SMILES string of the molecule is Cc1c(O)nc(SCC(=O)c2ccccc2)[nH]c1=O. The predicted molar refractivity (Wildman–Crippen MR) is 72.8 cm³/mol. The number of carbonyl (C=O) groups is 1. The highest BCUT2D eigenvalue weighted by molar-refractivity contribution is 7.99. The Bertz CT molecular complexity index is 653. The van der Waals surface area contributed by atoms with Crippen LogP contribution in [0.25, 0.3) is 0 Å². The molecule has 19 heavy (non-hydrogen) atoms. The summed E-state index contributed by atoms with van der Waals surface area (Å²) in [6.07, 6.45) is 0. The minimum Gasteiger partial charge on any atom is -0.493 e. The maximum absolute atomic E-state index is 11.9. The fourth-order valence-corrected chi connectivity index (χ4v) is 2.16. The minimum atomic E-state index is -0.401. The number of carbonyl (C=O) groups excluding carboxylic acids is 1. The number of thioether (sulfide) groups is 1. The van der Waals surface area contributed by atoms with Gasteiger partial charge in [0, 0.05) is 5.56 Å². The molecule has 0 aliphatic rings.